The molecule has 0 saturated carbocycles. The zero-order valence-electron chi connectivity index (χ0n) is 26.1. The van der Waals surface area contributed by atoms with Crippen LogP contribution < -0.4 is 32.7 Å². The highest BCUT2D eigenvalue weighted by molar-refractivity contribution is 5.84. The van der Waals surface area contributed by atoms with E-state index in [0.717, 1.165) is 18.4 Å². The van der Waals surface area contributed by atoms with Crippen LogP contribution in [0.1, 0.15) is 72.8 Å². The minimum absolute atomic E-state index is 0.0281. The SMILES string of the molecule is CC(=O)N[C@@H](C(C)C)[C@@H](C)C(=O)NC[C@@H](Cc1ccccc1)C(=O)N[C@H](CCCCN)CC(=O)N[C@@H](C)[C@@H](C)C(N)=O. The van der Waals surface area contributed by atoms with E-state index in [1.165, 1.54) is 6.92 Å². The molecule has 1 aromatic rings. The number of rotatable bonds is 19. The van der Waals surface area contributed by atoms with Crippen LogP contribution in [0, 0.1) is 23.7 Å². The van der Waals surface area contributed by atoms with Gasteiger partial charge < -0.3 is 32.7 Å². The van der Waals surface area contributed by atoms with E-state index in [-0.39, 0.29) is 48.6 Å². The van der Waals surface area contributed by atoms with Crippen LogP contribution in [-0.4, -0.2) is 60.8 Å². The lowest BCUT2D eigenvalue weighted by Gasteiger charge is -2.28. The molecule has 0 aromatic heterocycles. The van der Waals surface area contributed by atoms with E-state index in [4.69, 9.17) is 11.5 Å². The van der Waals surface area contributed by atoms with Gasteiger partial charge in [0.05, 0.1) is 17.8 Å². The molecule has 0 aliphatic rings. The second-order valence-electron chi connectivity index (χ2n) is 11.6. The Morgan fingerprint density at radius 2 is 1.48 bits per heavy atom. The molecule has 0 fully saturated rings. The normalized spacial score (nSPS) is 15.4. The van der Waals surface area contributed by atoms with Gasteiger partial charge in [0.15, 0.2) is 0 Å². The summed E-state index contributed by atoms with van der Waals surface area (Å²) in [6.45, 7) is 11.0. The van der Waals surface area contributed by atoms with Gasteiger partial charge in [-0.05, 0) is 44.2 Å². The average Bonchev–Trinajstić information content (AvgIpc) is 2.92. The van der Waals surface area contributed by atoms with Gasteiger partial charge >= 0.3 is 0 Å². The maximum atomic E-state index is 13.6. The number of unbranched alkanes of at least 4 members (excludes halogenated alkanes) is 1. The number of carbonyl (C=O) groups is 5. The molecular weight excluding hydrogens is 536 g/mol. The first-order valence-corrected chi connectivity index (χ1v) is 14.9. The Labute approximate surface area is 250 Å². The van der Waals surface area contributed by atoms with Gasteiger partial charge in [0.1, 0.15) is 0 Å². The molecule has 0 aliphatic carbocycles. The maximum absolute atomic E-state index is 13.6. The quantitative estimate of drug-likeness (QED) is 0.133. The van der Waals surface area contributed by atoms with E-state index in [1.54, 1.807) is 20.8 Å². The summed E-state index contributed by atoms with van der Waals surface area (Å²) in [6.07, 6.45) is 2.43. The zero-order chi connectivity index (χ0) is 31.8. The molecule has 0 aliphatic heterocycles. The molecule has 42 heavy (non-hydrogen) atoms. The highest BCUT2D eigenvalue weighted by atomic mass is 16.2. The fourth-order valence-electron chi connectivity index (χ4n) is 4.80. The van der Waals surface area contributed by atoms with Crippen LogP contribution >= 0.6 is 0 Å². The second kappa shape index (κ2) is 18.9. The molecule has 236 valence electrons. The molecule has 0 spiro atoms. The van der Waals surface area contributed by atoms with Gasteiger partial charge in [-0.1, -0.05) is 64.4 Å². The number of hydrogen-bond acceptors (Lipinski definition) is 6. The minimum Gasteiger partial charge on any atom is -0.369 e. The highest BCUT2D eigenvalue weighted by Crippen LogP contribution is 2.15. The van der Waals surface area contributed by atoms with Crippen LogP contribution in [0.2, 0.25) is 0 Å². The molecule has 0 bridgehead atoms. The molecule has 1 aromatic carbocycles. The summed E-state index contributed by atoms with van der Waals surface area (Å²) in [4.78, 5) is 62.8. The predicted molar refractivity (Wildman–Crippen MR) is 164 cm³/mol. The maximum Gasteiger partial charge on any atom is 0.225 e. The summed E-state index contributed by atoms with van der Waals surface area (Å²) in [7, 11) is 0. The van der Waals surface area contributed by atoms with Crippen LogP contribution in [0.5, 0.6) is 0 Å². The lowest BCUT2D eigenvalue weighted by molar-refractivity contribution is -0.128. The Hall–Kier alpha value is -3.47. The largest absolute Gasteiger partial charge is 0.369 e. The van der Waals surface area contributed by atoms with E-state index in [0.29, 0.717) is 19.4 Å². The standard InChI is InChI=1S/C31H52N6O5/c1-19(2)28(36-23(6)38)21(4)30(41)34-18-25(16-24-12-8-7-9-13-24)31(42)37-26(14-10-11-15-32)17-27(39)35-22(5)20(3)29(33)40/h7-9,12-13,19-22,25-26,28H,10-11,14-18,32H2,1-6H3,(H2,33,40)(H,34,41)(H,35,39)(H,36,38)(H,37,42)/t20-,21-,22+,25-,26-,28+/m1/s1. The highest BCUT2D eigenvalue weighted by Gasteiger charge is 2.30. The smallest absolute Gasteiger partial charge is 0.225 e. The zero-order valence-corrected chi connectivity index (χ0v) is 26.1. The lowest BCUT2D eigenvalue weighted by atomic mass is 9.90. The third-order valence-corrected chi connectivity index (χ3v) is 7.63. The number of hydrogen-bond donors (Lipinski definition) is 6. The Balaban J connectivity index is 3.04. The molecule has 11 heteroatoms. The van der Waals surface area contributed by atoms with Crippen molar-refractivity contribution in [3.05, 3.63) is 35.9 Å². The van der Waals surface area contributed by atoms with Crippen molar-refractivity contribution in [3.63, 3.8) is 0 Å². The third-order valence-electron chi connectivity index (χ3n) is 7.63. The Morgan fingerprint density at radius 1 is 0.833 bits per heavy atom. The van der Waals surface area contributed by atoms with Gasteiger partial charge in [0, 0.05) is 38.0 Å². The van der Waals surface area contributed by atoms with Gasteiger partial charge in [-0.3, -0.25) is 24.0 Å². The monoisotopic (exact) mass is 588 g/mol. The van der Waals surface area contributed by atoms with E-state index in [1.807, 2.05) is 44.2 Å². The van der Waals surface area contributed by atoms with Crippen molar-refractivity contribution < 1.29 is 24.0 Å². The summed E-state index contributed by atoms with van der Waals surface area (Å²) >= 11 is 0. The molecule has 0 saturated heterocycles. The van der Waals surface area contributed by atoms with Gasteiger partial charge in [-0.15, -0.1) is 0 Å². The van der Waals surface area contributed by atoms with Crippen LogP contribution in [0.3, 0.4) is 0 Å². The number of carbonyl (C=O) groups excluding carboxylic acids is 5. The Morgan fingerprint density at radius 3 is 2.02 bits per heavy atom. The molecule has 0 unspecified atom stereocenters. The van der Waals surface area contributed by atoms with E-state index in [9.17, 15) is 24.0 Å². The first-order valence-electron chi connectivity index (χ1n) is 14.9. The summed E-state index contributed by atoms with van der Waals surface area (Å²) < 4.78 is 0. The lowest BCUT2D eigenvalue weighted by Crippen LogP contribution is -2.50. The third kappa shape index (κ3) is 13.5. The van der Waals surface area contributed by atoms with Crippen molar-refractivity contribution in [1.29, 1.82) is 0 Å². The molecule has 8 N–H and O–H groups in total. The van der Waals surface area contributed by atoms with E-state index < -0.39 is 35.7 Å². The van der Waals surface area contributed by atoms with E-state index in [2.05, 4.69) is 21.3 Å². The number of amides is 5. The summed E-state index contributed by atoms with van der Waals surface area (Å²) in [6, 6.07) is 8.24. The number of nitrogens with two attached hydrogens (primary N) is 2. The fourth-order valence-corrected chi connectivity index (χ4v) is 4.80. The molecule has 0 heterocycles. The first-order chi connectivity index (χ1) is 19.8. The van der Waals surface area contributed by atoms with Crippen LogP contribution in [0.15, 0.2) is 30.3 Å². The summed E-state index contributed by atoms with van der Waals surface area (Å²) in [5.41, 5.74) is 12.0. The van der Waals surface area contributed by atoms with Gasteiger partial charge in [-0.25, -0.2) is 0 Å². The molecule has 1 rings (SSSR count). The van der Waals surface area contributed by atoms with Crippen molar-refractivity contribution in [2.24, 2.45) is 35.1 Å². The molecule has 5 amide bonds. The van der Waals surface area contributed by atoms with Crippen molar-refractivity contribution in [3.8, 4) is 0 Å². The van der Waals surface area contributed by atoms with Crippen LogP contribution in [0.25, 0.3) is 0 Å². The van der Waals surface area contributed by atoms with Gasteiger partial charge in [0.2, 0.25) is 29.5 Å². The number of benzene rings is 1. The van der Waals surface area contributed by atoms with Crippen LogP contribution in [-0.2, 0) is 30.4 Å². The predicted octanol–water partition coefficient (Wildman–Crippen LogP) is 1.39. The molecule has 6 atom stereocenters. The minimum atomic E-state index is -0.601. The van der Waals surface area contributed by atoms with Crippen molar-refractivity contribution in [2.75, 3.05) is 13.1 Å². The molecule has 0 radical (unpaired) electrons. The number of nitrogens with one attached hydrogen (secondary N) is 4. The van der Waals surface area contributed by atoms with Crippen molar-refractivity contribution in [2.45, 2.75) is 91.8 Å². The Bertz CT molecular complexity index is 1020. The van der Waals surface area contributed by atoms with Crippen molar-refractivity contribution >= 4 is 29.5 Å². The topological polar surface area (TPSA) is 186 Å². The molecular formula is C31H52N6O5. The Kier molecular flexibility index (Phi) is 16.4. The number of primary amides is 1. The second-order valence-corrected chi connectivity index (χ2v) is 11.6. The van der Waals surface area contributed by atoms with Crippen molar-refractivity contribution in [1.82, 2.24) is 21.3 Å². The van der Waals surface area contributed by atoms with E-state index >= 15 is 0 Å². The molecule has 11 nitrogen and oxygen atoms in total. The van der Waals surface area contributed by atoms with Gasteiger partial charge in [0.25, 0.3) is 0 Å². The summed E-state index contributed by atoms with van der Waals surface area (Å²) in [5.74, 6) is -3.17. The average molecular weight is 589 g/mol. The van der Waals surface area contributed by atoms with Gasteiger partial charge in [-0.2, -0.15) is 0 Å². The van der Waals surface area contributed by atoms with Crippen LogP contribution in [0.4, 0.5) is 0 Å². The fraction of sp³-hybridized carbons (Fsp3) is 0.645. The summed E-state index contributed by atoms with van der Waals surface area (Å²) in [5, 5.41) is 11.6. The first kappa shape index (κ1) is 36.6.